The summed E-state index contributed by atoms with van der Waals surface area (Å²) in [5.41, 5.74) is 0. The third-order valence-corrected chi connectivity index (χ3v) is 1.76. The number of morpholine rings is 1. The summed E-state index contributed by atoms with van der Waals surface area (Å²) in [6, 6.07) is 0.510. The number of hydrogen-bond donors (Lipinski definition) is 1. The summed E-state index contributed by atoms with van der Waals surface area (Å²) in [5, 5.41) is 3.35. The first-order valence-electron chi connectivity index (χ1n) is 3.71. The molecule has 0 aromatic rings. The van der Waals surface area contributed by atoms with Gasteiger partial charge in [-0.15, -0.1) is 0 Å². The van der Waals surface area contributed by atoms with Crippen LogP contribution in [0.4, 0.5) is 0 Å². The van der Waals surface area contributed by atoms with Gasteiger partial charge in [0, 0.05) is 12.6 Å². The normalized spacial score (nSPS) is 34.8. The third kappa shape index (κ3) is 1.94. The van der Waals surface area contributed by atoms with Crippen LogP contribution in [0.2, 0.25) is 0 Å². The van der Waals surface area contributed by atoms with Gasteiger partial charge in [-0.2, -0.15) is 0 Å². The molecule has 1 saturated heterocycles. The molecule has 3 nitrogen and oxygen atoms in total. The number of rotatable bonds is 1. The second-order valence-electron chi connectivity index (χ2n) is 3.06. The summed E-state index contributed by atoms with van der Waals surface area (Å²) in [7, 11) is 4.06. The van der Waals surface area contributed by atoms with Crippen LogP contribution in [-0.4, -0.2) is 44.4 Å². The van der Waals surface area contributed by atoms with Crippen LogP contribution in [0, 0.1) is 0 Å². The lowest BCUT2D eigenvalue weighted by molar-refractivity contribution is -0.0672. The van der Waals surface area contributed by atoms with E-state index < -0.39 is 0 Å². The standard InChI is InChI=1S/C7H16N2O/c1-6-5-10-7(4-8-6)9(2)3/h6-8H,4-5H2,1-3H3. The Labute approximate surface area is 62.3 Å². The molecule has 1 aliphatic heterocycles. The summed E-state index contributed by atoms with van der Waals surface area (Å²) in [6.45, 7) is 3.89. The zero-order valence-electron chi connectivity index (χ0n) is 6.92. The molecule has 2 unspecified atom stereocenters. The van der Waals surface area contributed by atoms with E-state index in [2.05, 4.69) is 17.1 Å². The van der Waals surface area contributed by atoms with E-state index in [4.69, 9.17) is 4.74 Å². The van der Waals surface area contributed by atoms with Crippen molar-refractivity contribution in [3.63, 3.8) is 0 Å². The van der Waals surface area contributed by atoms with E-state index in [0.717, 1.165) is 13.2 Å². The summed E-state index contributed by atoms with van der Waals surface area (Å²) < 4.78 is 5.52. The summed E-state index contributed by atoms with van der Waals surface area (Å²) in [5.74, 6) is 0. The fourth-order valence-corrected chi connectivity index (χ4v) is 1.01. The van der Waals surface area contributed by atoms with E-state index in [1.165, 1.54) is 0 Å². The van der Waals surface area contributed by atoms with Crippen molar-refractivity contribution < 1.29 is 4.74 Å². The Hall–Kier alpha value is -0.120. The second-order valence-corrected chi connectivity index (χ2v) is 3.06. The summed E-state index contributed by atoms with van der Waals surface area (Å²) in [6.07, 6.45) is 0.260. The van der Waals surface area contributed by atoms with E-state index in [9.17, 15) is 0 Å². The molecule has 3 heteroatoms. The zero-order valence-corrected chi connectivity index (χ0v) is 6.92. The first-order valence-corrected chi connectivity index (χ1v) is 3.71. The topological polar surface area (TPSA) is 24.5 Å². The number of nitrogens with zero attached hydrogens (tertiary/aromatic N) is 1. The molecular weight excluding hydrogens is 128 g/mol. The Bertz CT molecular complexity index is 97.8. The molecule has 60 valence electrons. The highest BCUT2D eigenvalue weighted by Crippen LogP contribution is 2.01. The van der Waals surface area contributed by atoms with Crippen LogP contribution in [0.1, 0.15) is 6.92 Å². The van der Waals surface area contributed by atoms with Crippen LogP contribution in [0.25, 0.3) is 0 Å². The molecule has 1 aliphatic rings. The Balaban J connectivity index is 2.26. The van der Waals surface area contributed by atoms with Crippen LogP contribution < -0.4 is 5.32 Å². The smallest absolute Gasteiger partial charge is 0.122 e. The van der Waals surface area contributed by atoms with Gasteiger partial charge < -0.3 is 10.1 Å². The third-order valence-electron chi connectivity index (χ3n) is 1.76. The molecule has 0 aromatic heterocycles. The van der Waals surface area contributed by atoms with E-state index in [0.29, 0.717) is 6.04 Å². The first-order chi connectivity index (χ1) is 4.70. The molecule has 2 atom stereocenters. The van der Waals surface area contributed by atoms with E-state index in [1.54, 1.807) is 0 Å². The minimum absolute atomic E-state index is 0.260. The SMILES string of the molecule is CC1COC(N(C)C)CN1. The van der Waals surface area contributed by atoms with Crippen molar-refractivity contribution in [1.82, 2.24) is 10.2 Å². The highest BCUT2D eigenvalue weighted by atomic mass is 16.5. The molecule has 0 aliphatic carbocycles. The Morgan fingerprint density at radius 3 is 2.60 bits per heavy atom. The molecule has 1 heterocycles. The van der Waals surface area contributed by atoms with Crippen molar-refractivity contribution in [2.75, 3.05) is 27.2 Å². The van der Waals surface area contributed by atoms with Crippen molar-refractivity contribution in [2.24, 2.45) is 0 Å². The molecular formula is C7H16N2O. The highest BCUT2D eigenvalue weighted by Gasteiger charge is 2.18. The van der Waals surface area contributed by atoms with Gasteiger partial charge in [0.1, 0.15) is 6.23 Å². The number of hydrogen-bond acceptors (Lipinski definition) is 3. The molecule has 10 heavy (non-hydrogen) atoms. The van der Waals surface area contributed by atoms with Gasteiger partial charge in [-0.25, -0.2) is 0 Å². The number of likely N-dealkylation sites (N-methyl/N-ethyl adjacent to an activating group) is 1. The van der Waals surface area contributed by atoms with Crippen LogP contribution in [0.5, 0.6) is 0 Å². The van der Waals surface area contributed by atoms with Crippen molar-refractivity contribution in [3.05, 3.63) is 0 Å². The van der Waals surface area contributed by atoms with Crippen LogP contribution in [-0.2, 0) is 4.74 Å². The lowest BCUT2D eigenvalue weighted by Gasteiger charge is -2.32. The largest absolute Gasteiger partial charge is 0.360 e. The average Bonchev–Trinajstić information content (AvgIpc) is 1.88. The van der Waals surface area contributed by atoms with Crippen molar-refractivity contribution >= 4 is 0 Å². The number of nitrogens with one attached hydrogen (secondary N) is 1. The van der Waals surface area contributed by atoms with Gasteiger partial charge in [-0.05, 0) is 21.0 Å². The first kappa shape index (κ1) is 7.98. The minimum atomic E-state index is 0.260. The van der Waals surface area contributed by atoms with E-state index in [1.807, 2.05) is 14.1 Å². The maximum absolute atomic E-state index is 5.52. The lowest BCUT2D eigenvalue weighted by Crippen LogP contribution is -2.50. The Morgan fingerprint density at radius 2 is 2.20 bits per heavy atom. The average molecular weight is 144 g/mol. The van der Waals surface area contributed by atoms with E-state index >= 15 is 0 Å². The van der Waals surface area contributed by atoms with Gasteiger partial charge >= 0.3 is 0 Å². The zero-order chi connectivity index (χ0) is 7.56. The van der Waals surface area contributed by atoms with Crippen molar-refractivity contribution in [3.8, 4) is 0 Å². The van der Waals surface area contributed by atoms with Gasteiger partial charge in [0.2, 0.25) is 0 Å². The fraction of sp³-hybridized carbons (Fsp3) is 1.00. The van der Waals surface area contributed by atoms with Crippen molar-refractivity contribution in [2.45, 2.75) is 19.2 Å². The van der Waals surface area contributed by atoms with Crippen LogP contribution in [0.15, 0.2) is 0 Å². The molecule has 0 amide bonds. The summed E-state index contributed by atoms with van der Waals surface area (Å²) in [4.78, 5) is 2.08. The van der Waals surface area contributed by atoms with Crippen LogP contribution in [0.3, 0.4) is 0 Å². The predicted molar refractivity (Wildman–Crippen MR) is 40.9 cm³/mol. The van der Waals surface area contributed by atoms with E-state index in [-0.39, 0.29) is 6.23 Å². The molecule has 1 N–H and O–H groups in total. The minimum Gasteiger partial charge on any atom is -0.360 e. The molecule has 0 radical (unpaired) electrons. The molecule has 1 rings (SSSR count). The van der Waals surface area contributed by atoms with Gasteiger partial charge in [0.05, 0.1) is 6.61 Å². The fourth-order valence-electron chi connectivity index (χ4n) is 1.01. The van der Waals surface area contributed by atoms with Gasteiger partial charge in [0.25, 0.3) is 0 Å². The van der Waals surface area contributed by atoms with Crippen molar-refractivity contribution in [1.29, 1.82) is 0 Å². The van der Waals surface area contributed by atoms with Gasteiger partial charge in [-0.3, -0.25) is 4.90 Å². The molecule has 0 bridgehead atoms. The maximum Gasteiger partial charge on any atom is 0.122 e. The van der Waals surface area contributed by atoms with Gasteiger partial charge in [-0.1, -0.05) is 0 Å². The quantitative estimate of drug-likeness (QED) is 0.555. The lowest BCUT2D eigenvalue weighted by atomic mass is 10.3. The maximum atomic E-state index is 5.52. The highest BCUT2D eigenvalue weighted by molar-refractivity contribution is 4.70. The summed E-state index contributed by atoms with van der Waals surface area (Å²) >= 11 is 0. The second kappa shape index (κ2) is 3.32. The molecule has 1 fully saturated rings. The van der Waals surface area contributed by atoms with Crippen LogP contribution >= 0.6 is 0 Å². The predicted octanol–water partition coefficient (Wildman–Crippen LogP) is -0.118. The monoisotopic (exact) mass is 144 g/mol. The Morgan fingerprint density at radius 1 is 1.50 bits per heavy atom. The molecule has 0 saturated carbocycles. The van der Waals surface area contributed by atoms with Gasteiger partial charge in [0.15, 0.2) is 0 Å². The molecule has 0 spiro atoms. The number of ether oxygens (including phenoxy) is 1. The Kier molecular flexibility index (Phi) is 2.65. The molecule has 0 aromatic carbocycles.